The van der Waals surface area contributed by atoms with E-state index in [1.165, 1.54) is 27.7 Å². The number of hydrogen-bond acceptors (Lipinski definition) is 4. The maximum Gasteiger partial charge on any atom is 0.350 e. The summed E-state index contributed by atoms with van der Waals surface area (Å²) in [4.78, 5) is 12.3. The van der Waals surface area contributed by atoms with Crippen LogP contribution in [-0.4, -0.2) is 32.8 Å². The van der Waals surface area contributed by atoms with Crippen molar-refractivity contribution in [1.29, 1.82) is 0 Å². The highest BCUT2D eigenvalue weighted by Gasteiger charge is 2.33. The van der Waals surface area contributed by atoms with Gasteiger partial charge in [-0.1, -0.05) is 15.9 Å². The van der Waals surface area contributed by atoms with E-state index in [-0.39, 0.29) is 18.3 Å². The molecular formula is C14H15BrFN3O3. The highest BCUT2D eigenvalue weighted by molar-refractivity contribution is 9.10. The minimum atomic E-state index is -0.658. The van der Waals surface area contributed by atoms with Gasteiger partial charge >= 0.3 is 5.69 Å². The first kappa shape index (κ1) is 15.4. The van der Waals surface area contributed by atoms with E-state index in [1.54, 1.807) is 6.07 Å². The largest absolute Gasteiger partial charge is 0.350 e. The van der Waals surface area contributed by atoms with E-state index in [9.17, 15) is 9.18 Å². The molecule has 0 radical (unpaired) electrons. The molecule has 2 heterocycles. The van der Waals surface area contributed by atoms with Crippen LogP contribution >= 0.6 is 15.9 Å². The normalized spacial score (nSPS) is 20.5. The molecule has 0 N–H and O–H groups in total. The molecule has 8 heteroatoms. The molecule has 2 aromatic rings. The fraction of sp³-hybridized carbons (Fsp3) is 0.429. The number of halogens is 2. The van der Waals surface area contributed by atoms with Gasteiger partial charge in [0.05, 0.1) is 18.8 Å². The standard InChI is InChI=1S/C14H15BrFN3O3/c1-14(2)21-7-10(22-14)6-19-13(20)18(8-17-19)12-4-3-9(15)5-11(12)16/h3-5,8,10H,6-7H2,1-2H3/t10-/m0/s1. The summed E-state index contributed by atoms with van der Waals surface area (Å²) < 4.78 is 28.1. The van der Waals surface area contributed by atoms with E-state index in [1.807, 2.05) is 13.8 Å². The molecule has 0 amide bonds. The van der Waals surface area contributed by atoms with Gasteiger partial charge in [0.1, 0.15) is 18.2 Å². The molecule has 1 saturated heterocycles. The maximum atomic E-state index is 14.0. The van der Waals surface area contributed by atoms with Gasteiger partial charge in [-0.2, -0.15) is 5.10 Å². The van der Waals surface area contributed by atoms with Crippen LogP contribution in [0.1, 0.15) is 13.8 Å². The lowest BCUT2D eigenvalue weighted by atomic mass is 10.3. The Morgan fingerprint density at radius 3 is 2.91 bits per heavy atom. The fourth-order valence-electron chi connectivity index (χ4n) is 2.35. The Bertz CT molecular complexity index is 756. The molecule has 1 aromatic carbocycles. The van der Waals surface area contributed by atoms with Crippen LogP contribution in [0.25, 0.3) is 5.69 Å². The first-order valence-electron chi connectivity index (χ1n) is 6.77. The van der Waals surface area contributed by atoms with Gasteiger partial charge in [-0.25, -0.2) is 18.4 Å². The van der Waals surface area contributed by atoms with Crippen LogP contribution in [0.3, 0.4) is 0 Å². The van der Waals surface area contributed by atoms with Crippen molar-refractivity contribution in [2.75, 3.05) is 6.61 Å². The summed E-state index contributed by atoms with van der Waals surface area (Å²) in [5.41, 5.74) is -0.266. The Labute approximate surface area is 134 Å². The van der Waals surface area contributed by atoms with Gasteiger partial charge < -0.3 is 9.47 Å². The van der Waals surface area contributed by atoms with Gasteiger partial charge in [0.25, 0.3) is 0 Å². The predicted molar refractivity (Wildman–Crippen MR) is 80.4 cm³/mol. The molecule has 1 fully saturated rings. The highest BCUT2D eigenvalue weighted by Crippen LogP contribution is 2.23. The second-order valence-corrected chi connectivity index (χ2v) is 6.43. The van der Waals surface area contributed by atoms with Gasteiger partial charge in [0, 0.05) is 4.47 Å². The SMILES string of the molecule is CC1(C)OC[C@H](Cn2ncn(-c3ccc(Br)cc3F)c2=O)O1. The third kappa shape index (κ3) is 2.99. The van der Waals surface area contributed by atoms with E-state index < -0.39 is 17.3 Å². The molecule has 0 saturated carbocycles. The molecule has 1 aliphatic rings. The second-order valence-electron chi connectivity index (χ2n) is 5.51. The second kappa shape index (κ2) is 5.60. The molecule has 6 nitrogen and oxygen atoms in total. The summed E-state index contributed by atoms with van der Waals surface area (Å²) in [7, 11) is 0. The van der Waals surface area contributed by atoms with Gasteiger partial charge in [-0.15, -0.1) is 0 Å². The monoisotopic (exact) mass is 371 g/mol. The molecule has 1 aliphatic heterocycles. The van der Waals surface area contributed by atoms with Crippen molar-refractivity contribution in [3.05, 3.63) is 45.3 Å². The predicted octanol–water partition coefficient (Wildman–Crippen LogP) is 2.09. The lowest BCUT2D eigenvalue weighted by Gasteiger charge is -2.16. The maximum absolute atomic E-state index is 14.0. The molecule has 0 spiro atoms. The minimum absolute atomic E-state index is 0.156. The van der Waals surface area contributed by atoms with Crippen LogP contribution < -0.4 is 5.69 Å². The van der Waals surface area contributed by atoms with Crippen LogP contribution in [0.4, 0.5) is 4.39 Å². The number of hydrogen-bond donors (Lipinski definition) is 0. The zero-order valence-electron chi connectivity index (χ0n) is 12.1. The summed E-state index contributed by atoms with van der Waals surface area (Å²) in [5, 5.41) is 4.02. The summed E-state index contributed by atoms with van der Waals surface area (Å²) in [6, 6.07) is 4.49. The molecule has 0 bridgehead atoms. The van der Waals surface area contributed by atoms with Crippen molar-refractivity contribution < 1.29 is 13.9 Å². The summed E-state index contributed by atoms with van der Waals surface area (Å²) in [6.45, 7) is 4.27. The van der Waals surface area contributed by atoms with E-state index in [4.69, 9.17) is 9.47 Å². The molecule has 1 aromatic heterocycles. The molecular weight excluding hydrogens is 357 g/mol. The number of benzene rings is 1. The van der Waals surface area contributed by atoms with Crippen LogP contribution in [-0.2, 0) is 16.0 Å². The Balaban J connectivity index is 1.85. The van der Waals surface area contributed by atoms with Crippen molar-refractivity contribution in [3.63, 3.8) is 0 Å². The van der Waals surface area contributed by atoms with Crippen molar-refractivity contribution in [3.8, 4) is 5.69 Å². The summed E-state index contributed by atoms with van der Waals surface area (Å²) in [5.74, 6) is -1.16. The van der Waals surface area contributed by atoms with Crippen molar-refractivity contribution in [2.24, 2.45) is 0 Å². The fourth-order valence-corrected chi connectivity index (χ4v) is 2.68. The number of ether oxygens (including phenoxy) is 2. The van der Waals surface area contributed by atoms with E-state index in [0.29, 0.717) is 11.1 Å². The number of rotatable bonds is 3. The number of aromatic nitrogens is 3. The van der Waals surface area contributed by atoms with Crippen molar-refractivity contribution in [1.82, 2.24) is 14.3 Å². The third-order valence-corrected chi connectivity index (χ3v) is 3.84. The number of nitrogens with zero attached hydrogens (tertiary/aromatic N) is 3. The average Bonchev–Trinajstić information content (AvgIpc) is 2.95. The summed E-state index contributed by atoms with van der Waals surface area (Å²) in [6.07, 6.45) is 1.04. The van der Waals surface area contributed by atoms with Crippen molar-refractivity contribution >= 4 is 15.9 Å². The topological polar surface area (TPSA) is 58.3 Å². The van der Waals surface area contributed by atoms with E-state index in [2.05, 4.69) is 21.0 Å². The molecule has 3 rings (SSSR count). The highest BCUT2D eigenvalue weighted by atomic mass is 79.9. The average molecular weight is 372 g/mol. The first-order chi connectivity index (χ1) is 10.4. The van der Waals surface area contributed by atoms with Gasteiger partial charge in [0.2, 0.25) is 0 Å². The van der Waals surface area contributed by atoms with Crippen LogP contribution in [0.2, 0.25) is 0 Å². The van der Waals surface area contributed by atoms with Gasteiger partial charge in [-0.3, -0.25) is 0 Å². The molecule has 118 valence electrons. The van der Waals surface area contributed by atoms with E-state index in [0.717, 1.165) is 0 Å². The Morgan fingerprint density at radius 2 is 2.27 bits per heavy atom. The quantitative estimate of drug-likeness (QED) is 0.828. The lowest BCUT2D eigenvalue weighted by molar-refractivity contribution is -0.140. The van der Waals surface area contributed by atoms with Gasteiger partial charge in [-0.05, 0) is 32.0 Å². The Hall–Kier alpha value is -1.51. The van der Waals surface area contributed by atoms with E-state index >= 15 is 0 Å². The van der Waals surface area contributed by atoms with Crippen LogP contribution in [0.5, 0.6) is 0 Å². The molecule has 1 atom stereocenters. The van der Waals surface area contributed by atoms with Crippen LogP contribution in [0.15, 0.2) is 33.8 Å². The molecule has 0 unspecified atom stereocenters. The summed E-state index contributed by atoms with van der Waals surface area (Å²) >= 11 is 3.18. The zero-order valence-corrected chi connectivity index (χ0v) is 13.7. The van der Waals surface area contributed by atoms with Gasteiger partial charge in [0.15, 0.2) is 5.79 Å². The lowest BCUT2D eigenvalue weighted by Crippen LogP contribution is -2.31. The minimum Gasteiger partial charge on any atom is -0.348 e. The molecule has 0 aliphatic carbocycles. The zero-order chi connectivity index (χ0) is 15.9. The van der Waals surface area contributed by atoms with Crippen molar-refractivity contribution in [2.45, 2.75) is 32.3 Å². The van der Waals surface area contributed by atoms with Crippen LogP contribution in [0, 0.1) is 5.82 Å². The Kier molecular flexibility index (Phi) is 3.92. The Morgan fingerprint density at radius 1 is 1.50 bits per heavy atom. The smallest absolute Gasteiger partial charge is 0.348 e. The molecule has 22 heavy (non-hydrogen) atoms. The first-order valence-corrected chi connectivity index (χ1v) is 7.57. The third-order valence-electron chi connectivity index (χ3n) is 3.35.